The molecule has 1 amide bonds. The van der Waals surface area contributed by atoms with Crippen molar-refractivity contribution in [3.63, 3.8) is 0 Å². The molecule has 1 N–H and O–H groups in total. The monoisotopic (exact) mass is 526 g/mol. The fourth-order valence-corrected chi connectivity index (χ4v) is 5.11. The minimum Gasteiger partial charge on any atom is -0.507 e. The molecule has 204 valence electrons. The molecule has 1 unspecified atom stereocenters. The van der Waals surface area contributed by atoms with E-state index >= 15 is 0 Å². The van der Waals surface area contributed by atoms with Gasteiger partial charge < -0.3 is 19.6 Å². The third kappa shape index (κ3) is 5.85. The number of aryl methyl sites for hydroxylation is 2. The number of benzene rings is 3. The molecule has 0 bridgehead atoms. The van der Waals surface area contributed by atoms with Crippen molar-refractivity contribution in [2.45, 2.75) is 53.6 Å². The van der Waals surface area contributed by atoms with Crippen LogP contribution in [-0.4, -0.2) is 41.4 Å². The standard InChI is InChI=1S/C33H38N2O4/c1-6-18-39-28-11-9-10-25(20-28)31(36)29-30(24-14-16-27(17-15-24)34(7-2)8-3)35(33(38)32(29)37)21-26-19-22(4)12-13-23(26)5/h9-17,19-20,30,36H,6-8,18,21H2,1-5H3/b31-29-. The Morgan fingerprint density at radius 1 is 0.949 bits per heavy atom. The van der Waals surface area contributed by atoms with E-state index in [9.17, 15) is 14.7 Å². The lowest BCUT2D eigenvalue weighted by Crippen LogP contribution is -2.29. The minimum atomic E-state index is -0.726. The van der Waals surface area contributed by atoms with Crippen LogP contribution in [0.2, 0.25) is 0 Å². The highest BCUT2D eigenvalue weighted by Crippen LogP contribution is 2.41. The highest BCUT2D eigenvalue weighted by atomic mass is 16.5. The maximum atomic E-state index is 13.5. The average molecular weight is 527 g/mol. The lowest BCUT2D eigenvalue weighted by molar-refractivity contribution is -0.140. The van der Waals surface area contributed by atoms with Gasteiger partial charge in [0, 0.05) is 30.9 Å². The van der Waals surface area contributed by atoms with Crippen LogP contribution in [0.4, 0.5) is 5.69 Å². The van der Waals surface area contributed by atoms with Crippen LogP contribution in [-0.2, 0) is 16.1 Å². The van der Waals surface area contributed by atoms with E-state index in [0.29, 0.717) is 17.9 Å². The number of carbonyl (C=O) groups is 2. The number of rotatable bonds is 10. The van der Waals surface area contributed by atoms with E-state index in [1.807, 2.05) is 69.3 Å². The number of hydrogen-bond acceptors (Lipinski definition) is 5. The van der Waals surface area contributed by atoms with E-state index in [1.54, 1.807) is 23.1 Å². The zero-order valence-corrected chi connectivity index (χ0v) is 23.5. The van der Waals surface area contributed by atoms with Gasteiger partial charge in [-0.25, -0.2) is 0 Å². The maximum absolute atomic E-state index is 13.5. The molecule has 1 aliphatic heterocycles. The number of anilines is 1. The first-order valence-corrected chi connectivity index (χ1v) is 13.7. The van der Waals surface area contributed by atoms with Crippen LogP contribution < -0.4 is 9.64 Å². The predicted octanol–water partition coefficient (Wildman–Crippen LogP) is 6.56. The second-order valence-corrected chi connectivity index (χ2v) is 10.00. The molecule has 0 aliphatic carbocycles. The first kappa shape index (κ1) is 28.0. The van der Waals surface area contributed by atoms with Gasteiger partial charge in [-0.2, -0.15) is 0 Å². The molecule has 0 aromatic heterocycles. The summed E-state index contributed by atoms with van der Waals surface area (Å²) in [6.45, 7) is 12.8. The number of aliphatic hydroxyl groups excluding tert-OH is 1. The fourth-order valence-electron chi connectivity index (χ4n) is 5.11. The zero-order valence-electron chi connectivity index (χ0n) is 23.5. The second-order valence-electron chi connectivity index (χ2n) is 10.00. The average Bonchev–Trinajstić information content (AvgIpc) is 3.19. The number of amides is 1. The Labute approximate surface area is 231 Å². The van der Waals surface area contributed by atoms with Crippen molar-refractivity contribution in [2.75, 3.05) is 24.6 Å². The van der Waals surface area contributed by atoms with Gasteiger partial charge in [-0.3, -0.25) is 9.59 Å². The van der Waals surface area contributed by atoms with Crippen molar-refractivity contribution in [1.82, 2.24) is 4.90 Å². The van der Waals surface area contributed by atoms with Crippen molar-refractivity contribution in [1.29, 1.82) is 0 Å². The number of carbonyl (C=O) groups excluding carboxylic acids is 2. The van der Waals surface area contributed by atoms with Gasteiger partial charge in [0.25, 0.3) is 11.7 Å². The molecule has 6 heteroatoms. The smallest absolute Gasteiger partial charge is 0.295 e. The highest BCUT2D eigenvalue weighted by Gasteiger charge is 2.46. The van der Waals surface area contributed by atoms with Gasteiger partial charge in [0.05, 0.1) is 18.2 Å². The van der Waals surface area contributed by atoms with E-state index in [2.05, 4.69) is 18.7 Å². The van der Waals surface area contributed by atoms with Crippen LogP contribution in [0.5, 0.6) is 5.75 Å². The molecular weight excluding hydrogens is 488 g/mol. The molecule has 1 aliphatic rings. The normalized spacial score (nSPS) is 16.5. The molecule has 4 rings (SSSR count). The van der Waals surface area contributed by atoms with E-state index in [-0.39, 0.29) is 17.9 Å². The molecule has 1 heterocycles. The molecule has 0 radical (unpaired) electrons. The van der Waals surface area contributed by atoms with Gasteiger partial charge in [-0.15, -0.1) is 0 Å². The molecule has 39 heavy (non-hydrogen) atoms. The minimum absolute atomic E-state index is 0.0912. The van der Waals surface area contributed by atoms with E-state index in [1.165, 1.54) is 0 Å². The van der Waals surface area contributed by atoms with Gasteiger partial charge in [0.2, 0.25) is 0 Å². The van der Waals surface area contributed by atoms with E-state index < -0.39 is 17.7 Å². The topological polar surface area (TPSA) is 70.1 Å². The number of nitrogens with zero attached hydrogens (tertiary/aromatic N) is 2. The highest BCUT2D eigenvalue weighted by molar-refractivity contribution is 6.46. The summed E-state index contributed by atoms with van der Waals surface area (Å²) in [5, 5.41) is 11.5. The number of ether oxygens (including phenoxy) is 1. The summed E-state index contributed by atoms with van der Waals surface area (Å²) in [5.74, 6) is -0.897. The Balaban J connectivity index is 1.84. The molecule has 3 aromatic carbocycles. The Kier molecular flexibility index (Phi) is 8.75. The van der Waals surface area contributed by atoms with Crippen LogP contribution in [0.25, 0.3) is 5.76 Å². The first-order valence-electron chi connectivity index (χ1n) is 13.7. The SMILES string of the molecule is CCCOc1cccc(/C(O)=C2/C(=O)C(=O)N(Cc3cc(C)ccc3C)C2c2ccc(N(CC)CC)cc2)c1. The third-order valence-electron chi connectivity index (χ3n) is 7.30. The molecule has 1 fully saturated rings. The quantitative estimate of drug-likeness (QED) is 0.184. The van der Waals surface area contributed by atoms with Crippen LogP contribution in [0.1, 0.15) is 61.1 Å². The summed E-state index contributed by atoms with van der Waals surface area (Å²) in [7, 11) is 0. The Bertz CT molecular complexity index is 1370. The second kappa shape index (κ2) is 12.2. The summed E-state index contributed by atoms with van der Waals surface area (Å²) >= 11 is 0. The number of ketones is 1. The molecule has 1 atom stereocenters. The Morgan fingerprint density at radius 3 is 2.33 bits per heavy atom. The zero-order chi connectivity index (χ0) is 28.1. The fraction of sp³-hybridized carbons (Fsp3) is 0.333. The van der Waals surface area contributed by atoms with Crippen LogP contribution in [0.3, 0.4) is 0 Å². The lowest BCUT2D eigenvalue weighted by atomic mass is 9.94. The van der Waals surface area contributed by atoms with Crippen LogP contribution in [0, 0.1) is 13.8 Å². The van der Waals surface area contributed by atoms with Crippen molar-refractivity contribution in [2.24, 2.45) is 0 Å². The van der Waals surface area contributed by atoms with E-state index in [4.69, 9.17) is 4.74 Å². The molecule has 1 saturated heterocycles. The first-order chi connectivity index (χ1) is 18.8. The van der Waals surface area contributed by atoms with Gasteiger partial charge >= 0.3 is 0 Å². The Morgan fingerprint density at radius 2 is 1.67 bits per heavy atom. The summed E-state index contributed by atoms with van der Waals surface area (Å²) in [5.41, 5.74) is 5.46. The van der Waals surface area contributed by atoms with Gasteiger partial charge in [0.15, 0.2) is 0 Å². The summed E-state index contributed by atoms with van der Waals surface area (Å²) in [4.78, 5) is 30.9. The maximum Gasteiger partial charge on any atom is 0.295 e. The van der Waals surface area contributed by atoms with Gasteiger partial charge in [0.1, 0.15) is 11.5 Å². The predicted molar refractivity (Wildman–Crippen MR) is 156 cm³/mol. The number of hydrogen-bond donors (Lipinski definition) is 1. The van der Waals surface area contributed by atoms with Crippen molar-refractivity contribution in [3.05, 3.63) is 100 Å². The molecule has 6 nitrogen and oxygen atoms in total. The lowest BCUT2D eigenvalue weighted by Gasteiger charge is -2.27. The molecule has 3 aromatic rings. The Hall–Kier alpha value is -4.06. The van der Waals surface area contributed by atoms with E-state index in [0.717, 1.165) is 47.5 Å². The van der Waals surface area contributed by atoms with Crippen molar-refractivity contribution in [3.8, 4) is 5.75 Å². The molecule has 0 saturated carbocycles. The van der Waals surface area contributed by atoms with Crippen LogP contribution in [0.15, 0.2) is 72.3 Å². The van der Waals surface area contributed by atoms with Gasteiger partial charge in [-0.1, -0.05) is 55.0 Å². The molecule has 0 spiro atoms. The number of Topliss-reactive ketones (excluding diaryl/α,β-unsaturated/α-hetero) is 1. The molecular formula is C33H38N2O4. The third-order valence-corrected chi connectivity index (χ3v) is 7.30. The number of aliphatic hydroxyl groups is 1. The van der Waals surface area contributed by atoms with Gasteiger partial charge in [-0.05, 0) is 75.1 Å². The van der Waals surface area contributed by atoms with Crippen LogP contribution >= 0.6 is 0 Å². The van der Waals surface area contributed by atoms with Crippen molar-refractivity contribution >= 4 is 23.1 Å². The summed E-state index contributed by atoms with van der Waals surface area (Å²) < 4.78 is 5.75. The summed E-state index contributed by atoms with van der Waals surface area (Å²) in [6, 6.07) is 20.3. The van der Waals surface area contributed by atoms with Crippen molar-refractivity contribution < 1.29 is 19.4 Å². The summed E-state index contributed by atoms with van der Waals surface area (Å²) in [6.07, 6.45) is 0.850. The number of likely N-dealkylation sites (tertiary alicyclic amines) is 1. The largest absolute Gasteiger partial charge is 0.507 e.